The Labute approximate surface area is 101 Å². The summed E-state index contributed by atoms with van der Waals surface area (Å²) < 4.78 is 69.1. The van der Waals surface area contributed by atoms with E-state index in [1.54, 1.807) is 0 Å². The van der Waals surface area contributed by atoms with Crippen molar-refractivity contribution in [3.05, 3.63) is 21.9 Å². The Balaban J connectivity index is 3.50. The first-order valence-electron chi connectivity index (χ1n) is 4.42. The van der Waals surface area contributed by atoms with Gasteiger partial charge in [-0.25, -0.2) is 8.78 Å². The Morgan fingerprint density at radius 2 is 1.95 bits per heavy atom. The van der Waals surface area contributed by atoms with Crippen molar-refractivity contribution in [3.8, 4) is 11.5 Å². The number of hydrogen-bond donors (Lipinski definition) is 0. The highest BCUT2D eigenvalue weighted by Gasteiger charge is 2.39. The number of pyridine rings is 1. The molecule has 1 aromatic rings. The smallest absolute Gasteiger partial charge is 0.492 e. The first kappa shape index (κ1) is 14.9. The summed E-state index contributed by atoms with van der Waals surface area (Å²) >= 11 is 0. The Kier molecular flexibility index (Phi) is 4.07. The zero-order chi connectivity index (χ0) is 14.8. The van der Waals surface area contributed by atoms with Gasteiger partial charge in [0.05, 0.1) is 7.11 Å². The Hall–Kier alpha value is -2.20. The van der Waals surface area contributed by atoms with Gasteiger partial charge in [-0.15, -0.1) is 13.2 Å². The van der Waals surface area contributed by atoms with Crippen molar-refractivity contribution in [2.24, 2.45) is 0 Å². The summed E-state index contributed by atoms with van der Waals surface area (Å²) in [6.45, 7) is 0. The van der Waals surface area contributed by atoms with E-state index in [0.29, 0.717) is 6.20 Å². The molecule has 11 heteroatoms. The minimum Gasteiger partial charge on any atom is -0.492 e. The van der Waals surface area contributed by atoms with E-state index in [9.17, 15) is 32.1 Å². The van der Waals surface area contributed by atoms with Crippen molar-refractivity contribution in [2.75, 3.05) is 7.11 Å². The lowest BCUT2D eigenvalue weighted by molar-refractivity contribution is -0.393. The van der Waals surface area contributed by atoms with Gasteiger partial charge in [-0.1, -0.05) is 0 Å². The number of alkyl halides is 5. The number of halogens is 5. The number of aromatic nitrogens is 1. The minimum absolute atomic E-state index is 0.352. The Morgan fingerprint density at radius 3 is 2.32 bits per heavy atom. The van der Waals surface area contributed by atoms with E-state index in [-0.39, 0.29) is 0 Å². The standard InChI is InChI=1S/C8H5F5N2O4/c1-18-4-3(6(9)10)2-14-7(15(16)17)5(4)19-8(11,12)13/h2,6H,1H3. The van der Waals surface area contributed by atoms with E-state index < -0.39 is 40.6 Å². The van der Waals surface area contributed by atoms with Crippen LogP contribution in [0.3, 0.4) is 0 Å². The van der Waals surface area contributed by atoms with E-state index in [4.69, 9.17) is 0 Å². The number of ether oxygens (including phenoxy) is 2. The molecule has 1 heterocycles. The van der Waals surface area contributed by atoms with Crippen LogP contribution in [-0.2, 0) is 0 Å². The molecule has 0 bridgehead atoms. The third-order valence-electron chi connectivity index (χ3n) is 1.83. The van der Waals surface area contributed by atoms with Crippen LogP contribution in [-0.4, -0.2) is 23.4 Å². The van der Waals surface area contributed by atoms with Crippen molar-refractivity contribution in [2.45, 2.75) is 12.8 Å². The molecule has 19 heavy (non-hydrogen) atoms. The fourth-order valence-corrected chi connectivity index (χ4v) is 1.18. The zero-order valence-corrected chi connectivity index (χ0v) is 9.07. The van der Waals surface area contributed by atoms with Crippen molar-refractivity contribution < 1.29 is 36.3 Å². The number of hydrogen-bond acceptors (Lipinski definition) is 5. The highest BCUT2D eigenvalue weighted by atomic mass is 19.4. The number of nitro groups is 1. The van der Waals surface area contributed by atoms with Gasteiger partial charge in [0.15, 0.2) is 11.9 Å². The fourth-order valence-electron chi connectivity index (χ4n) is 1.18. The maximum Gasteiger partial charge on any atom is 0.573 e. The van der Waals surface area contributed by atoms with Crippen LogP contribution in [0.2, 0.25) is 0 Å². The monoisotopic (exact) mass is 288 g/mol. The highest BCUT2D eigenvalue weighted by molar-refractivity contribution is 5.55. The molecule has 0 atom stereocenters. The lowest BCUT2D eigenvalue weighted by Gasteiger charge is -2.14. The second-order valence-corrected chi connectivity index (χ2v) is 3.01. The third-order valence-corrected chi connectivity index (χ3v) is 1.83. The number of rotatable bonds is 4. The molecule has 0 unspecified atom stereocenters. The lowest BCUT2D eigenvalue weighted by atomic mass is 10.2. The van der Waals surface area contributed by atoms with Crippen LogP contribution in [0.5, 0.6) is 11.5 Å². The molecule has 0 aliphatic carbocycles. The first-order valence-corrected chi connectivity index (χ1v) is 4.42. The molecule has 0 spiro atoms. The second kappa shape index (κ2) is 5.20. The van der Waals surface area contributed by atoms with Gasteiger partial charge in [0.1, 0.15) is 5.56 Å². The van der Waals surface area contributed by atoms with Gasteiger partial charge in [-0.05, 0) is 9.91 Å². The fraction of sp³-hybridized carbons (Fsp3) is 0.375. The van der Waals surface area contributed by atoms with Crippen molar-refractivity contribution in [3.63, 3.8) is 0 Å². The summed E-state index contributed by atoms with van der Waals surface area (Å²) in [4.78, 5) is 12.1. The number of nitrogens with zero attached hydrogens (tertiary/aromatic N) is 2. The van der Waals surface area contributed by atoms with Crippen LogP contribution >= 0.6 is 0 Å². The summed E-state index contributed by atoms with van der Waals surface area (Å²) in [6, 6.07) is 0. The summed E-state index contributed by atoms with van der Waals surface area (Å²) in [6.07, 6.45) is -8.20. The molecule has 0 amide bonds. The average Bonchev–Trinajstić information content (AvgIpc) is 2.25. The van der Waals surface area contributed by atoms with Gasteiger partial charge in [-0.2, -0.15) is 0 Å². The molecular formula is C8H5F5N2O4. The first-order chi connectivity index (χ1) is 8.67. The van der Waals surface area contributed by atoms with Crippen LogP contribution in [0.4, 0.5) is 27.8 Å². The predicted octanol–water partition coefficient (Wildman–Crippen LogP) is 2.83. The largest absolute Gasteiger partial charge is 0.573 e. The summed E-state index contributed by atoms with van der Waals surface area (Å²) in [5.74, 6) is -3.98. The molecule has 0 N–H and O–H groups in total. The summed E-state index contributed by atoms with van der Waals surface area (Å²) in [5.41, 5.74) is -1.05. The maximum atomic E-state index is 12.5. The number of methoxy groups -OCH3 is 1. The Bertz CT molecular complexity index is 491. The second-order valence-electron chi connectivity index (χ2n) is 3.01. The van der Waals surface area contributed by atoms with Gasteiger partial charge in [-0.3, -0.25) is 0 Å². The van der Waals surface area contributed by atoms with Crippen LogP contribution in [0.15, 0.2) is 6.20 Å². The van der Waals surface area contributed by atoms with Gasteiger partial charge in [0.25, 0.3) is 12.2 Å². The zero-order valence-electron chi connectivity index (χ0n) is 9.07. The van der Waals surface area contributed by atoms with E-state index >= 15 is 0 Å². The van der Waals surface area contributed by atoms with Crippen LogP contribution in [0.25, 0.3) is 0 Å². The molecule has 0 aromatic carbocycles. The average molecular weight is 288 g/mol. The van der Waals surface area contributed by atoms with Gasteiger partial charge >= 0.3 is 12.2 Å². The molecule has 0 saturated heterocycles. The molecule has 0 radical (unpaired) electrons. The predicted molar refractivity (Wildman–Crippen MR) is 49.1 cm³/mol. The van der Waals surface area contributed by atoms with Crippen molar-refractivity contribution >= 4 is 5.82 Å². The van der Waals surface area contributed by atoms with Gasteiger partial charge < -0.3 is 19.6 Å². The molecule has 1 aromatic heterocycles. The normalized spacial score (nSPS) is 11.5. The van der Waals surface area contributed by atoms with E-state index in [1.165, 1.54) is 0 Å². The molecular weight excluding hydrogens is 283 g/mol. The van der Waals surface area contributed by atoms with Crippen molar-refractivity contribution in [1.29, 1.82) is 0 Å². The molecule has 1 rings (SSSR count). The minimum atomic E-state index is -5.32. The van der Waals surface area contributed by atoms with Gasteiger partial charge in [0, 0.05) is 0 Å². The highest BCUT2D eigenvalue weighted by Crippen LogP contribution is 2.43. The molecule has 0 aliphatic rings. The lowest BCUT2D eigenvalue weighted by Crippen LogP contribution is -2.19. The van der Waals surface area contributed by atoms with Gasteiger partial charge in [0.2, 0.25) is 0 Å². The van der Waals surface area contributed by atoms with E-state index in [0.717, 1.165) is 7.11 Å². The molecule has 0 fully saturated rings. The third kappa shape index (κ3) is 3.39. The molecule has 6 nitrogen and oxygen atoms in total. The molecule has 0 saturated carbocycles. The SMILES string of the molecule is COc1c(C(F)F)cnc([N+](=O)[O-])c1OC(F)(F)F. The van der Waals surface area contributed by atoms with Crippen molar-refractivity contribution in [1.82, 2.24) is 4.98 Å². The van der Waals surface area contributed by atoms with Crippen LogP contribution in [0, 0.1) is 10.1 Å². The van der Waals surface area contributed by atoms with Crippen LogP contribution in [0.1, 0.15) is 12.0 Å². The van der Waals surface area contributed by atoms with Crippen LogP contribution < -0.4 is 9.47 Å². The Morgan fingerprint density at radius 1 is 1.37 bits per heavy atom. The maximum absolute atomic E-state index is 12.5. The molecule has 0 aliphatic heterocycles. The summed E-state index contributed by atoms with van der Waals surface area (Å²) in [7, 11) is 0.772. The quantitative estimate of drug-likeness (QED) is 0.484. The molecule has 106 valence electrons. The van der Waals surface area contributed by atoms with E-state index in [1.807, 2.05) is 0 Å². The van der Waals surface area contributed by atoms with E-state index in [2.05, 4.69) is 14.5 Å². The summed E-state index contributed by atoms with van der Waals surface area (Å²) in [5, 5.41) is 10.5. The topological polar surface area (TPSA) is 74.5 Å².